The molecule has 0 bridgehead atoms. The molecule has 1 aliphatic heterocycles. The number of carbonyl (C=O) groups is 1. The Labute approximate surface area is 179 Å². The molecule has 5 nitrogen and oxygen atoms in total. The van der Waals surface area contributed by atoms with E-state index in [-0.39, 0.29) is 11.8 Å². The van der Waals surface area contributed by atoms with Gasteiger partial charge in [-0.05, 0) is 48.6 Å². The number of anilines is 1. The first-order chi connectivity index (χ1) is 14.4. The van der Waals surface area contributed by atoms with Crippen molar-refractivity contribution >= 4 is 33.3 Å². The molecule has 1 atom stereocenters. The zero-order chi connectivity index (χ0) is 21.0. The molecule has 0 spiro atoms. The lowest BCUT2D eigenvalue weighted by Crippen LogP contribution is -2.24. The maximum absolute atomic E-state index is 12.6. The molecule has 1 aliphatic rings. The van der Waals surface area contributed by atoms with Crippen molar-refractivity contribution in [1.82, 2.24) is 14.8 Å². The van der Waals surface area contributed by atoms with E-state index in [2.05, 4.69) is 62.5 Å². The van der Waals surface area contributed by atoms with Gasteiger partial charge in [0, 0.05) is 17.9 Å². The summed E-state index contributed by atoms with van der Waals surface area (Å²) in [4.78, 5) is 17.4. The summed E-state index contributed by atoms with van der Waals surface area (Å²) in [5.74, 6) is 1.24. The van der Waals surface area contributed by atoms with Crippen LogP contribution in [0.25, 0.3) is 15.3 Å². The van der Waals surface area contributed by atoms with E-state index in [0.29, 0.717) is 12.3 Å². The fourth-order valence-electron chi connectivity index (χ4n) is 4.19. The maximum Gasteiger partial charge on any atom is 0.226 e. The third-order valence-electron chi connectivity index (χ3n) is 5.82. The van der Waals surface area contributed by atoms with Crippen molar-refractivity contribution in [2.24, 2.45) is 0 Å². The monoisotopic (exact) mass is 416 g/mol. The average Bonchev–Trinajstić information content (AvgIpc) is 3.28. The number of fused-ring (bicyclic) bond motifs is 2. The van der Waals surface area contributed by atoms with Gasteiger partial charge >= 0.3 is 0 Å². The van der Waals surface area contributed by atoms with E-state index < -0.39 is 0 Å². The molecule has 1 N–H and O–H groups in total. The molecule has 1 amide bonds. The minimum absolute atomic E-state index is 0.000310. The van der Waals surface area contributed by atoms with Gasteiger partial charge in [-0.15, -0.1) is 0 Å². The highest BCUT2D eigenvalue weighted by Crippen LogP contribution is 2.41. The molecule has 30 heavy (non-hydrogen) atoms. The van der Waals surface area contributed by atoms with Gasteiger partial charge in [0.05, 0.1) is 15.9 Å². The van der Waals surface area contributed by atoms with E-state index in [1.54, 1.807) is 16.0 Å². The molecule has 0 saturated carbocycles. The van der Waals surface area contributed by atoms with Crippen LogP contribution in [0.15, 0.2) is 42.5 Å². The first kappa shape index (κ1) is 19.0. The normalized spacial score (nSPS) is 16.2. The number of rotatable bonds is 3. The molecule has 0 aliphatic carbocycles. The lowest BCUT2D eigenvalue weighted by molar-refractivity contribution is -0.116. The van der Waals surface area contributed by atoms with Gasteiger partial charge in [0.1, 0.15) is 5.82 Å². The van der Waals surface area contributed by atoms with Gasteiger partial charge in [0.2, 0.25) is 11.0 Å². The number of benzene rings is 2. The molecular weight excluding hydrogens is 392 g/mol. The second-order valence-electron chi connectivity index (χ2n) is 8.35. The summed E-state index contributed by atoms with van der Waals surface area (Å²) in [7, 11) is 0. The highest BCUT2D eigenvalue weighted by Gasteiger charge is 2.33. The van der Waals surface area contributed by atoms with Crippen molar-refractivity contribution < 1.29 is 4.79 Å². The Hall–Kier alpha value is -2.99. The highest BCUT2D eigenvalue weighted by molar-refractivity contribution is 7.20. The number of carbonyl (C=O) groups excluding carboxylic acids is 1. The zero-order valence-electron chi connectivity index (χ0n) is 17.6. The van der Waals surface area contributed by atoms with Crippen LogP contribution in [-0.4, -0.2) is 20.7 Å². The van der Waals surface area contributed by atoms with Crippen LogP contribution in [0.3, 0.4) is 0 Å². The van der Waals surface area contributed by atoms with Crippen LogP contribution in [0.2, 0.25) is 0 Å². The van der Waals surface area contributed by atoms with Crippen molar-refractivity contribution in [2.75, 3.05) is 5.32 Å². The quantitative estimate of drug-likeness (QED) is 0.466. The van der Waals surface area contributed by atoms with Gasteiger partial charge in [-0.25, -0.2) is 4.98 Å². The summed E-state index contributed by atoms with van der Waals surface area (Å²) >= 11 is 1.59. The molecule has 6 heteroatoms. The first-order valence-electron chi connectivity index (χ1n) is 10.3. The lowest BCUT2D eigenvalue weighted by atomic mass is 9.85. The fraction of sp³-hybridized carbons (Fsp3) is 0.292. The summed E-state index contributed by atoms with van der Waals surface area (Å²) < 4.78 is 2.92. The van der Waals surface area contributed by atoms with E-state index in [4.69, 9.17) is 10.1 Å². The van der Waals surface area contributed by atoms with Crippen LogP contribution in [0.4, 0.5) is 5.82 Å². The van der Waals surface area contributed by atoms with Gasteiger partial charge in [-0.2, -0.15) is 9.78 Å². The molecule has 0 radical (unpaired) electrons. The highest BCUT2D eigenvalue weighted by atomic mass is 32.1. The predicted octanol–water partition coefficient (Wildman–Crippen LogP) is 5.70. The van der Waals surface area contributed by atoms with Crippen LogP contribution in [-0.2, 0) is 4.79 Å². The third kappa shape index (κ3) is 3.12. The number of nitrogens with one attached hydrogen (secondary N) is 1. The van der Waals surface area contributed by atoms with E-state index in [1.165, 1.54) is 11.1 Å². The Balaban J connectivity index is 1.62. The average molecular weight is 417 g/mol. The lowest BCUT2D eigenvalue weighted by Gasteiger charge is -2.24. The number of aryl methyl sites for hydroxylation is 2. The number of amides is 1. The summed E-state index contributed by atoms with van der Waals surface area (Å²) in [6.07, 6.45) is 0.430. The summed E-state index contributed by atoms with van der Waals surface area (Å²) in [5.41, 5.74) is 6.62. The van der Waals surface area contributed by atoms with E-state index >= 15 is 0 Å². The van der Waals surface area contributed by atoms with Crippen molar-refractivity contribution in [2.45, 2.75) is 46.0 Å². The van der Waals surface area contributed by atoms with Gasteiger partial charge in [0.25, 0.3) is 0 Å². The largest absolute Gasteiger partial charge is 0.310 e. The maximum atomic E-state index is 12.6. The predicted molar refractivity (Wildman–Crippen MR) is 122 cm³/mol. The molecule has 5 rings (SSSR count). The Morgan fingerprint density at radius 3 is 2.63 bits per heavy atom. The van der Waals surface area contributed by atoms with E-state index in [0.717, 1.165) is 38.0 Å². The number of hydrogen-bond donors (Lipinski definition) is 1. The van der Waals surface area contributed by atoms with Crippen LogP contribution in [0, 0.1) is 13.8 Å². The Morgan fingerprint density at radius 1 is 1.13 bits per heavy atom. The second-order valence-corrected chi connectivity index (χ2v) is 9.36. The second kappa shape index (κ2) is 7.06. The van der Waals surface area contributed by atoms with Gasteiger partial charge in [-0.1, -0.05) is 55.5 Å². The Bertz CT molecular complexity index is 1270. The first-order valence-corrected chi connectivity index (χ1v) is 11.1. The van der Waals surface area contributed by atoms with Crippen molar-refractivity contribution in [3.05, 3.63) is 70.4 Å². The molecule has 3 heterocycles. The van der Waals surface area contributed by atoms with Gasteiger partial charge in [-0.3, -0.25) is 4.79 Å². The van der Waals surface area contributed by atoms with E-state index in [9.17, 15) is 4.79 Å². The molecular formula is C24H24N4OS. The SMILES string of the molecule is Cc1ccc2nc(-n3nc(C)c4c3NC(=O)CC4c3ccc(C(C)C)cc3)sc2c1. The molecule has 2 aromatic carbocycles. The number of nitrogens with zero attached hydrogens (tertiary/aromatic N) is 3. The van der Waals surface area contributed by atoms with Crippen LogP contribution in [0.5, 0.6) is 0 Å². The molecule has 2 aromatic heterocycles. The smallest absolute Gasteiger partial charge is 0.226 e. The Morgan fingerprint density at radius 2 is 1.90 bits per heavy atom. The number of aromatic nitrogens is 3. The van der Waals surface area contributed by atoms with Crippen LogP contribution < -0.4 is 5.32 Å². The fourth-order valence-corrected chi connectivity index (χ4v) is 5.22. The Kier molecular flexibility index (Phi) is 4.47. The van der Waals surface area contributed by atoms with E-state index in [1.807, 2.05) is 13.0 Å². The standard InChI is InChI=1S/C24H24N4OS/c1-13(2)16-6-8-17(9-7-16)18-12-21(29)26-23-22(18)15(4)27-28(23)24-25-19-10-5-14(3)11-20(19)30-24/h5-11,13,18H,12H2,1-4H3,(H,26,29). The zero-order valence-corrected chi connectivity index (χ0v) is 18.4. The van der Waals surface area contributed by atoms with Crippen molar-refractivity contribution in [1.29, 1.82) is 0 Å². The van der Waals surface area contributed by atoms with Gasteiger partial charge < -0.3 is 5.32 Å². The molecule has 0 saturated heterocycles. The third-order valence-corrected chi connectivity index (χ3v) is 6.82. The van der Waals surface area contributed by atoms with Crippen LogP contribution in [0.1, 0.15) is 60.1 Å². The number of thiazole rings is 1. The molecule has 1 unspecified atom stereocenters. The van der Waals surface area contributed by atoms with Crippen molar-refractivity contribution in [3.63, 3.8) is 0 Å². The summed E-state index contributed by atoms with van der Waals surface area (Å²) in [6, 6.07) is 14.9. The minimum Gasteiger partial charge on any atom is -0.310 e. The molecule has 0 fully saturated rings. The molecule has 4 aromatic rings. The minimum atomic E-state index is 0.000310. The molecule has 152 valence electrons. The topological polar surface area (TPSA) is 59.8 Å². The van der Waals surface area contributed by atoms with Gasteiger partial charge in [0.15, 0.2) is 0 Å². The summed E-state index contributed by atoms with van der Waals surface area (Å²) in [6.45, 7) is 8.47. The summed E-state index contributed by atoms with van der Waals surface area (Å²) in [5, 5.41) is 8.62. The number of hydrogen-bond acceptors (Lipinski definition) is 4. The van der Waals surface area contributed by atoms with Crippen LogP contribution >= 0.6 is 11.3 Å². The van der Waals surface area contributed by atoms with Crippen molar-refractivity contribution in [3.8, 4) is 5.13 Å².